The molecule has 194 valence electrons. The highest BCUT2D eigenvalue weighted by molar-refractivity contribution is 7.90. The average Bonchev–Trinajstić information content (AvgIpc) is 3.42. The molecule has 0 bridgehead atoms. The van der Waals surface area contributed by atoms with Gasteiger partial charge in [0.25, 0.3) is 0 Å². The van der Waals surface area contributed by atoms with Crippen molar-refractivity contribution < 1.29 is 13.2 Å². The van der Waals surface area contributed by atoms with Gasteiger partial charge in [0.1, 0.15) is 23.7 Å². The third-order valence-electron chi connectivity index (χ3n) is 6.87. The summed E-state index contributed by atoms with van der Waals surface area (Å²) in [5.41, 5.74) is 10.0. The number of imidazole rings is 2. The minimum Gasteiger partial charge on any atom is -0.368 e. The van der Waals surface area contributed by atoms with Crippen molar-refractivity contribution in [3.05, 3.63) is 60.2 Å². The van der Waals surface area contributed by atoms with Crippen LogP contribution in [0.25, 0.3) is 22.4 Å². The van der Waals surface area contributed by atoms with Gasteiger partial charge in [-0.25, -0.2) is 18.4 Å². The fourth-order valence-corrected chi connectivity index (χ4v) is 5.53. The fraction of sp³-hybridized carbons (Fsp3) is 0.346. The number of nitrogens with one attached hydrogen (secondary N) is 1. The van der Waals surface area contributed by atoms with Crippen LogP contribution in [0.4, 0.5) is 5.69 Å². The lowest BCUT2D eigenvalue weighted by molar-refractivity contribution is -0.118. The zero-order valence-corrected chi connectivity index (χ0v) is 22.0. The largest absolute Gasteiger partial charge is 0.368 e. The van der Waals surface area contributed by atoms with Crippen molar-refractivity contribution in [2.45, 2.75) is 37.9 Å². The second-order valence-corrected chi connectivity index (χ2v) is 11.7. The van der Waals surface area contributed by atoms with E-state index in [0.29, 0.717) is 12.4 Å². The Morgan fingerprint density at radius 3 is 2.57 bits per heavy atom. The van der Waals surface area contributed by atoms with E-state index in [1.807, 2.05) is 25.3 Å². The number of carbonyl (C=O) groups excluding carboxylic acids is 1. The van der Waals surface area contributed by atoms with Crippen molar-refractivity contribution in [1.29, 1.82) is 0 Å². The van der Waals surface area contributed by atoms with E-state index in [9.17, 15) is 13.2 Å². The molecule has 0 aliphatic carbocycles. The molecular formula is C26H31N7O3S. The predicted molar refractivity (Wildman–Crippen MR) is 143 cm³/mol. The maximum Gasteiger partial charge on any atom is 0.237 e. The number of hydrogen-bond acceptors (Lipinski definition) is 7. The highest BCUT2D eigenvalue weighted by Crippen LogP contribution is 2.30. The number of anilines is 1. The van der Waals surface area contributed by atoms with E-state index in [2.05, 4.69) is 32.8 Å². The predicted octanol–water partition coefficient (Wildman–Crippen LogP) is 2.33. The van der Waals surface area contributed by atoms with E-state index < -0.39 is 9.84 Å². The number of benzene rings is 2. The Morgan fingerprint density at radius 2 is 1.89 bits per heavy atom. The van der Waals surface area contributed by atoms with Crippen LogP contribution in [0.3, 0.4) is 0 Å². The van der Waals surface area contributed by atoms with Gasteiger partial charge in [-0.3, -0.25) is 9.69 Å². The van der Waals surface area contributed by atoms with Crippen LogP contribution >= 0.6 is 0 Å². The number of para-hydroxylation sites is 1. The summed E-state index contributed by atoms with van der Waals surface area (Å²) in [6, 6.07) is 13.2. The highest BCUT2D eigenvalue weighted by Gasteiger charge is 2.26. The standard InChI is InChI=1S/C26H31N7O3S/c1-17-13-32(12-11-31(17)14-20-15-33(16-24(27)34)18(2)28-20)23-6-4-5-22-25(23)30-26(29-22)19-7-9-21(10-8-19)37(3,35)36/h4-10,15,17H,11-14,16H2,1-3H3,(H2,27,34)(H,29,30)/t17-/m0/s1. The first-order chi connectivity index (χ1) is 17.6. The Balaban J connectivity index is 1.33. The molecule has 1 atom stereocenters. The highest BCUT2D eigenvalue weighted by atomic mass is 32.2. The van der Waals surface area contributed by atoms with Crippen molar-refractivity contribution in [1.82, 2.24) is 24.4 Å². The van der Waals surface area contributed by atoms with Crippen molar-refractivity contribution in [2.24, 2.45) is 5.73 Å². The summed E-state index contributed by atoms with van der Waals surface area (Å²) in [6.45, 7) is 7.48. The maximum atomic E-state index is 11.8. The third kappa shape index (κ3) is 5.23. The van der Waals surface area contributed by atoms with Gasteiger partial charge in [-0.05, 0) is 50.2 Å². The summed E-state index contributed by atoms with van der Waals surface area (Å²) in [4.78, 5) is 29.2. The molecule has 4 aromatic rings. The molecule has 5 rings (SSSR count). The van der Waals surface area contributed by atoms with Gasteiger partial charge in [-0.15, -0.1) is 0 Å². The molecule has 1 saturated heterocycles. The molecule has 1 amide bonds. The van der Waals surface area contributed by atoms with Crippen LogP contribution in [-0.4, -0.2) is 70.7 Å². The molecule has 3 N–H and O–H groups in total. The van der Waals surface area contributed by atoms with Gasteiger partial charge in [-0.2, -0.15) is 0 Å². The quantitative estimate of drug-likeness (QED) is 0.382. The first kappa shape index (κ1) is 25.0. The number of sulfone groups is 1. The molecule has 10 nitrogen and oxygen atoms in total. The molecule has 37 heavy (non-hydrogen) atoms. The van der Waals surface area contributed by atoms with E-state index in [0.717, 1.165) is 53.4 Å². The normalized spacial score (nSPS) is 16.9. The molecule has 0 spiro atoms. The number of nitrogens with two attached hydrogens (primary N) is 1. The van der Waals surface area contributed by atoms with Crippen LogP contribution in [-0.2, 0) is 27.7 Å². The summed E-state index contributed by atoms with van der Waals surface area (Å²) in [5.74, 6) is 1.11. The minimum absolute atomic E-state index is 0.139. The minimum atomic E-state index is -3.25. The summed E-state index contributed by atoms with van der Waals surface area (Å²) in [6.07, 6.45) is 3.11. The van der Waals surface area contributed by atoms with E-state index in [4.69, 9.17) is 10.7 Å². The van der Waals surface area contributed by atoms with Crippen molar-refractivity contribution in [3.63, 3.8) is 0 Å². The average molecular weight is 522 g/mol. The van der Waals surface area contributed by atoms with Gasteiger partial charge in [0.05, 0.1) is 21.8 Å². The molecule has 3 heterocycles. The number of amides is 1. The zero-order valence-electron chi connectivity index (χ0n) is 21.2. The number of carbonyl (C=O) groups is 1. The molecule has 2 aromatic carbocycles. The number of nitrogens with zero attached hydrogens (tertiary/aromatic N) is 5. The SMILES string of the molecule is Cc1nc(CN2CCN(c3cccc4[nH]c(-c5ccc(S(C)(=O)=O)cc5)nc34)C[C@@H]2C)cn1CC(N)=O. The summed E-state index contributed by atoms with van der Waals surface area (Å²) in [5, 5.41) is 0. The lowest BCUT2D eigenvalue weighted by Crippen LogP contribution is -2.51. The van der Waals surface area contributed by atoms with Crippen LogP contribution in [0.2, 0.25) is 0 Å². The van der Waals surface area contributed by atoms with Crippen molar-refractivity contribution >= 4 is 32.5 Å². The number of hydrogen-bond donors (Lipinski definition) is 2. The number of H-pyrrole nitrogens is 1. The van der Waals surface area contributed by atoms with Crippen LogP contribution in [0.1, 0.15) is 18.4 Å². The molecule has 1 aliphatic rings. The maximum absolute atomic E-state index is 11.8. The summed E-state index contributed by atoms with van der Waals surface area (Å²) >= 11 is 0. The molecule has 1 fully saturated rings. The molecular weight excluding hydrogens is 490 g/mol. The lowest BCUT2D eigenvalue weighted by Gasteiger charge is -2.40. The van der Waals surface area contributed by atoms with E-state index in [1.54, 1.807) is 28.8 Å². The topological polar surface area (TPSA) is 130 Å². The molecule has 0 saturated carbocycles. The zero-order chi connectivity index (χ0) is 26.3. The fourth-order valence-electron chi connectivity index (χ4n) is 4.90. The van der Waals surface area contributed by atoms with E-state index >= 15 is 0 Å². The molecule has 2 aromatic heterocycles. The monoisotopic (exact) mass is 521 g/mol. The first-order valence-electron chi connectivity index (χ1n) is 12.2. The Kier molecular flexibility index (Phi) is 6.50. The second-order valence-electron chi connectivity index (χ2n) is 9.69. The second kappa shape index (κ2) is 9.64. The number of primary amides is 1. The Labute approximate surface area is 216 Å². The Bertz CT molecular complexity index is 1560. The lowest BCUT2D eigenvalue weighted by atomic mass is 10.1. The van der Waals surface area contributed by atoms with Crippen molar-refractivity contribution in [2.75, 3.05) is 30.8 Å². The number of aromatic amines is 1. The molecule has 11 heteroatoms. The van der Waals surface area contributed by atoms with Crippen LogP contribution in [0.15, 0.2) is 53.6 Å². The Morgan fingerprint density at radius 1 is 1.14 bits per heavy atom. The van der Waals surface area contributed by atoms with Gasteiger partial charge in [0.2, 0.25) is 5.91 Å². The number of aromatic nitrogens is 4. The van der Waals surface area contributed by atoms with Gasteiger partial charge in [-0.1, -0.05) is 6.07 Å². The van der Waals surface area contributed by atoms with Crippen LogP contribution in [0.5, 0.6) is 0 Å². The number of aryl methyl sites for hydroxylation is 1. The molecule has 0 radical (unpaired) electrons. The van der Waals surface area contributed by atoms with E-state index in [1.165, 1.54) is 6.26 Å². The number of fused-ring (bicyclic) bond motifs is 1. The third-order valence-corrected chi connectivity index (χ3v) is 8.00. The molecule has 0 unspecified atom stereocenters. The van der Waals surface area contributed by atoms with Gasteiger partial charge >= 0.3 is 0 Å². The molecule has 1 aliphatic heterocycles. The summed E-state index contributed by atoms with van der Waals surface area (Å²) < 4.78 is 25.4. The van der Waals surface area contributed by atoms with Gasteiger partial charge < -0.3 is 20.2 Å². The van der Waals surface area contributed by atoms with Gasteiger partial charge in [0.15, 0.2) is 9.84 Å². The first-order valence-corrected chi connectivity index (χ1v) is 14.1. The number of piperazine rings is 1. The van der Waals surface area contributed by atoms with Gasteiger partial charge in [0, 0.05) is 50.2 Å². The Hall–Kier alpha value is -3.70. The number of rotatable bonds is 7. The van der Waals surface area contributed by atoms with Crippen LogP contribution < -0.4 is 10.6 Å². The van der Waals surface area contributed by atoms with Crippen molar-refractivity contribution in [3.8, 4) is 11.4 Å². The van der Waals surface area contributed by atoms with E-state index in [-0.39, 0.29) is 23.4 Å². The smallest absolute Gasteiger partial charge is 0.237 e. The summed E-state index contributed by atoms with van der Waals surface area (Å²) in [7, 11) is -3.25. The van der Waals surface area contributed by atoms with Crippen LogP contribution in [0, 0.1) is 6.92 Å².